The highest BCUT2D eigenvalue weighted by Crippen LogP contribution is 2.44. The largest absolute Gasteiger partial charge is 0.495 e. The molecule has 0 bridgehead atoms. The molecule has 0 saturated heterocycles. The van der Waals surface area contributed by atoms with Crippen LogP contribution in [0, 0.1) is 0 Å². The van der Waals surface area contributed by atoms with Gasteiger partial charge in [-0.05, 0) is 93.2 Å². The van der Waals surface area contributed by atoms with Crippen LogP contribution in [0.3, 0.4) is 0 Å². The molecule has 1 aliphatic carbocycles. The molecule has 16 heteroatoms. The Kier molecular flexibility index (Phi) is 22.6. The third-order valence-corrected chi connectivity index (χ3v) is 10.9. The molecule has 0 aromatic heterocycles. The van der Waals surface area contributed by atoms with Crippen LogP contribution < -0.4 is 30.7 Å². The quantitative estimate of drug-likeness (QED) is 0.0627. The average Bonchev–Trinajstić information content (AvgIpc) is 3.27. The van der Waals surface area contributed by atoms with Crippen LogP contribution in [0.5, 0.6) is 11.5 Å². The van der Waals surface area contributed by atoms with Crippen LogP contribution in [0.1, 0.15) is 133 Å². The van der Waals surface area contributed by atoms with E-state index < -0.39 is 29.2 Å². The molecule has 0 spiro atoms. The number of halogens is 2. The summed E-state index contributed by atoms with van der Waals surface area (Å²) in [7, 11) is 3.15. The van der Waals surface area contributed by atoms with Crippen molar-refractivity contribution >= 4 is 75.6 Å². The van der Waals surface area contributed by atoms with E-state index in [4.69, 9.17) is 42.1 Å². The van der Waals surface area contributed by atoms with Crippen LogP contribution in [-0.4, -0.2) is 87.2 Å². The number of Topliss-reactive ketones (excluding diaryl/α,β-unsaturated/α-hetero) is 2. The van der Waals surface area contributed by atoms with E-state index in [2.05, 4.69) is 21.3 Å². The van der Waals surface area contributed by atoms with Crippen LogP contribution in [0.4, 0.5) is 9.59 Å². The summed E-state index contributed by atoms with van der Waals surface area (Å²) in [5.74, 6) is -0.142. The minimum Gasteiger partial charge on any atom is -0.495 e. The molecule has 0 saturated carbocycles. The molecule has 4 N–H and O–H groups in total. The Balaban J connectivity index is 0.000000361. The van der Waals surface area contributed by atoms with Crippen molar-refractivity contribution in [3.8, 4) is 11.5 Å². The van der Waals surface area contributed by atoms with Crippen molar-refractivity contribution in [2.24, 2.45) is 0 Å². The molecule has 0 heterocycles. The minimum absolute atomic E-state index is 0.0329. The van der Waals surface area contributed by atoms with Crippen LogP contribution in [0.25, 0.3) is 16.8 Å². The summed E-state index contributed by atoms with van der Waals surface area (Å²) < 4.78 is 21.6. The van der Waals surface area contributed by atoms with E-state index in [0.29, 0.717) is 59.4 Å². The van der Waals surface area contributed by atoms with E-state index in [1.54, 1.807) is 58.4 Å². The molecule has 370 valence electrons. The Morgan fingerprint density at radius 2 is 0.926 bits per heavy atom. The van der Waals surface area contributed by atoms with Gasteiger partial charge in [0.25, 0.3) is 0 Å². The van der Waals surface area contributed by atoms with E-state index >= 15 is 0 Å². The number of hydrogen-bond acceptors (Lipinski definition) is 10. The van der Waals surface area contributed by atoms with E-state index in [1.165, 1.54) is 6.08 Å². The maximum atomic E-state index is 12.7. The zero-order chi connectivity index (χ0) is 50.6. The molecule has 14 nitrogen and oxygen atoms in total. The van der Waals surface area contributed by atoms with Crippen molar-refractivity contribution in [1.82, 2.24) is 21.3 Å². The molecule has 0 radical (unpaired) electrons. The highest BCUT2D eigenvalue weighted by molar-refractivity contribution is 6.50. The summed E-state index contributed by atoms with van der Waals surface area (Å²) >= 11 is 12.8. The number of benzene rings is 3. The first-order chi connectivity index (χ1) is 32.1. The lowest BCUT2D eigenvalue weighted by Crippen LogP contribution is -2.33. The number of carbonyl (C=O) groups is 6. The minimum atomic E-state index is -0.513. The molecule has 4 amide bonds. The fourth-order valence-corrected chi connectivity index (χ4v) is 7.43. The predicted molar refractivity (Wildman–Crippen MR) is 269 cm³/mol. The molecule has 0 aliphatic heterocycles. The monoisotopic (exact) mass is 978 g/mol. The summed E-state index contributed by atoms with van der Waals surface area (Å²) in [6.07, 6.45) is 9.26. The number of ketones is 2. The van der Waals surface area contributed by atoms with Gasteiger partial charge in [0.05, 0.1) is 24.3 Å². The van der Waals surface area contributed by atoms with Gasteiger partial charge in [-0.1, -0.05) is 97.4 Å². The molecular formula is C52H68Cl2N4O10. The SMILES string of the molecule is C/C(=C\C1=C(Cl)C(=O)c2ccccc2C1=O)C(=O)NCCCCCCNC(=O)OC(C)(C)C.COc1c(Cl)c(/C=C(\C)C(=O)NCCCCCCNC(=O)OC(C)(C)C)c(OC)c2ccccc12. The number of carbonyl (C=O) groups excluding carboxylic acids is 6. The second-order valence-corrected chi connectivity index (χ2v) is 18.9. The number of fused-ring (bicyclic) bond motifs is 2. The van der Waals surface area contributed by atoms with Crippen molar-refractivity contribution in [2.45, 2.75) is 118 Å². The molecule has 3 aromatic carbocycles. The van der Waals surface area contributed by atoms with Gasteiger partial charge in [0.2, 0.25) is 17.6 Å². The molecule has 0 fully saturated rings. The molecule has 3 aromatic rings. The highest BCUT2D eigenvalue weighted by atomic mass is 35.5. The number of alkyl carbamates (subject to hydrolysis) is 2. The Labute approximate surface area is 410 Å². The summed E-state index contributed by atoms with van der Waals surface area (Å²) in [6, 6.07) is 14.2. The Morgan fingerprint density at radius 3 is 1.35 bits per heavy atom. The van der Waals surface area contributed by atoms with Gasteiger partial charge >= 0.3 is 12.2 Å². The van der Waals surface area contributed by atoms with Crippen molar-refractivity contribution in [2.75, 3.05) is 40.4 Å². The fraction of sp³-hybridized carbons (Fsp3) is 0.462. The maximum Gasteiger partial charge on any atom is 0.407 e. The van der Waals surface area contributed by atoms with Crippen molar-refractivity contribution in [3.05, 3.63) is 98.1 Å². The van der Waals surface area contributed by atoms with Gasteiger partial charge < -0.3 is 40.2 Å². The summed E-state index contributed by atoms with van der Waals surface area (Å²) in [4.78, 5) is 73.4. The van der Waals surface area contributed by atoms with Gasteiger partial charge in [0.15, 0.2) is 5.78 Å². The van der Waals surface area contributed by atoms with Crippen LogP contribution in [-0.2, 0) is 19.1 Å². The third kappa shape index (κ3) is 18.0. The lowest BCUT2D eigenvalue weighted by atomic mass is 9.88. The van der Waals surface area contributed by atoms with Gasteiger partial charge in [0.1, 0.15) is 22.7 Å². The Bertz CT molecular complexity index is 2380. The van der Waals surface area contributed by atoms with Crippen LogP contribution in [0.15, 0.2) is 76.4 Å². The summed E-state index contributed by atoms with van der Waals surface area (Å²) in [6.45, 7) is 16.4. The van der Waals surface area contributed by atoms with Gasteiger partial charge in [-0.3, -0.25) is 19.2 Å². The smallest absolute Gasteiger partial charge is 0.407 e. The van der Waals surface area contributed by atoms with Crippen LogP contribution in [0.2, 0.25) is 5.02 Å². The van der Waals surface area contributed by atoms with E-state index in [-0.39, 0.29) is 39.3 Å². The molecular weight excluding hydrogens is 911 g/mol. The second-order valence-electron chi connectivity index (χ2n) is 18.1. The lowest BCUT2D eigenvalue weighted by molar-refractivity contribution is -0.118. The molecule has 4 rings (SSSR count). The van der Waals surface area contributed by atoms with E-state index in [1.807, 2.05) is 65.8 Å². The maximum absolute atomic E-state index is 12.7. The number of hydrogen-bond donors (Lipinski definition) is 4. The third-order valence-electron chi connectivity index (χ3n) is 10.2. The zero-order valence-corrected chi connectivity index (χ0v) is 42.6. The highest BCUT2D eigenvalue weighted by Gasteiger charge is 2.30. The number of allylic oxidation sites excluding steroid dienone is 3. The standard InChI is InChI=1S/C27H37ClN2O5.C25H31ClN2O5/c1-18(25(31)29-15-11-7-8-12-16-30-26(32)35-27(2,3)4)17-21-22(28)24(34-6)20-14-10-9-13-19(20)23(21)33-5;1-16(15-19-20(26)22(30)18-12-8-7-11-17(18)21(19)29)23(31)27-13-9-5-6-10-14-28-24(32)33-25(2,3)4/h9-10,13-14,17H,7-8,11-12,15-16H2,1-6H3,(H,29,31)(H,30,32);7-8,11-12,15H,5-6,9-10,13-14H2,1-4H3,(H,27,31)(H,28,32)/b18-17+;16-15+. The Hall–Kier alpha value is -5.86. The van der Waals surface area contributed by atoms with Gasteiger partial charge in [-0.2, -0.15) is 0 Å². The van der Waals surface area contributed by atoms with Gasteiger partial charge in [-0.15, -0.1) is 0 Å². The average molecular weight is 980 g/mol. The summed E-state index contributed by atoms with van der Waals surface area (Å²) in [5, 5.41) is 13.1. The van der Waals surface area contributed by atoms with Crippen LogP contribution >= 0.6 is 23.2 Å². The lowest BCUT2D eigenvalue weighted by Gasteiger charge is -2.19. The first kappa shape index (κ1) is 56.5. The first-order valence-corrected chi connectivity index (χ1v) is 23.6. The first-order valence-electron chi connectivity index (χ1n) is 22.9. The zero-order valence-electron chi connectivity index (χ0n) is 41.1. The second kappa shape index (κ2) is 27.2. The molecule has 1 aliphatic rings. The molecule has 0 atom stereocenters. The number of amides is 4. The number of rotatable bonds is 20. The topological polar surface area (TPSA) is 187 Å². The number of methoxy groups -OCH3 is 2. The number of unbranched alkanes of at least 4 members (excludes halogenated alkanes) is 6. The number of nitrogens with one attached hydrogen (secondary N) is 4. The number of ether oxygens (including phenoxy) is 4. The van der Waals surface area contributed by atoms with Gasteiger partial charge in [-0.25, -0.2) is 9.59 Å². The predicted octanol–water partition coefficient (Wildman–Crippen LogP) is 10.8. The van der Waals surface area contributed by atoms with Crippen molar-refractivity contribution < 1.29 is 47.7 Å². The van der Waals surface area contributed by atoms with Crippen molar-refractivity contribution in [3.63, 3.8) is 0 Å². The fourth-order valence-electron chi connectivity index (χ4n) is 6.87. The normalized spacial score (nSPS) is 12.9. The summed E-state index contributed by atoms with van der Waals surface area (Å²) in [5.41, 5.74) is 1.00. The Morgan fingerprint density at radius 1 is 0.544 bits per heavy atom. The van der Waals surface area contributed by atoms with E-state index in [9.17, 15) is 28.8 Å². The van der Waals surface area contributed by atoms with E-state index in [0.717, 1.165) is 62.1 Å². The molecule has 0 unspecified atom stereocenters. The van der Waals surface area contributed by atoms with Gasteiger partial charge in [0, 0.05) is 70.4 Å². The van der Waals surface area contributed by atoms with Crippen molar-refractivity contribution in [1.29, 1.82) is 0 Å². The molecule has 68 heavy (non-hydrogen) atoms.